The van der Waals surface area contributed by atoms with Crippen LogP contribution in [0.1, 0.15) is 11.5 Å². The van der Waals surface area contributed by atoms with Gasteiger partial charge in [-0.05, 0) is 33.6 Å². The van der Waals surface area contributed by atoms with Crippen LogP contribution in [0.15, 0.2) is 53.1 Å². The number of amides is 1. The highest BCUT2D eigenvalue weighted by molar-refractivity contribution is 9.10. The third-order valence-corrected chi connectivity index (χ3v) is 3.39. The van der Waals surface area contributed by atoms with E-state index in [0.717, 1.165) is 10.0 Å². The minimum atomic E-state index is -0.380. The standard InChI is InChI=1S/C14H14BrN3O/c15-12-7-4-8-17-13(12)18-14(19)11(9-16)10-5-2-1-3-6-10/h1-8,11H,9,16H2,(H,17,18,19). The maximum absolute atomic E-state index is 12.2. The Kier molecular flexibility index (Phi) is 4.65. The smallest absolute Gasteiger partial charge is 0.234 e. The number of hydrogen-bond donors (Lipinski definition) is 2. The molecule has 3 N–H and O–H groups in total. The van der Waals surface area contributed by atoms with Crippen molar-refractivity contribution in [2.75, 3.05) is 11.9 Å². The Morgan fingerprint density at radius 2 is 2.00 bits per heavy atom. The number of anilines is 1. The summed E-state index contributed by atoms with van der Waals surface area (Å²) in [7, 11) is 0. The van der Waals surface area contributed by atoms with Gasteiger partial charge in [-0.1, -0.05) is 30.3 Å². The van der Waals surface area contributed by atoms with Crippen LogP contribution in [0.5, 0.6) is 0 Å². The molecule has 1 aromatic carbocycles. The molecule has 4 nitrogen and oxygen atoms in total. The average molecular weight is 320 g/mol. The molecule has 0 saturated heterocycles. The molecule has 19 heavy (non-hydrogen) atoms. The highest BCUT2D eigenvalue weighted by Gasteiger charge is 2.19. The Morgan fingerprint density at radius 3 is 2.63 bits per heavy atom. The van der Waals surface area contributed by atoms with E-state index in [9.17, 15) is 4.79 Å². The highest BCUT2D eigenvalue weighted by Crippen LogP contribution is 2.21. The Hall–Kier alpha value is -1.72. The van der Waals surface area contributed by atoms with Gasteiger partial charge in [-0.15, -0.1) is 0 Å². The molecule has 2 rings (SSSR count). The molecule has 0 bridgehead atoms. The van der Waals surface area contributed by atoms with Gasteiger partial charge in [0.15, 0.2) is 0 Å². The minimum absolute atomic E-state index is 0.159. The van der Waals surface area contributed by atoms with Gasteiger partial charge in [0.05, 0.1) is 10.4 Å². The number of halogens is 1. The summed E-state index contributed by atoms with van der Waals surface area (Å²) in [6, 6.07) is 13.1. The summed E-state index contributed by atoms with van der Waals surface area (Å²) >= 11 is 3.34. The fourth-order valence-corrected chi connectivity index (χ4v) is 2.12. The quantitative estimate of drug-likeness (QED) is 0.909. The van der Waals surface area contributed by atoms with Crippen LogP contribution in [-0.4, -0.2) is 17.4 Å². The maximum atomic E-state index is 12.2. The zero-order valence-corrected chi connectivity index (χ0v) is 11.8. The van der Waals surface area contributed by atoms with E-state index in [1.54, 1.807) is 12.3 Å². The molecular formula is C14H14BrN3O. The Balaban J connectivity index is 2.17. The molecule has 0 spiro atoms. The minimum Gasteiger partial charge on any atom is -0.329 e. The Bertz CT molecular complexity index is 560. The van der Waals surface area contributed by atoms with Crippen LogP contribution in [0.3, 0.4) is 0 Å². The van der Waals surface area contributed by atoms with Crippen LogP contribution in [-0.2, 0) is 4.79 Å². The van der Waals surface area contributed by atoms with Gasteiger partial charge in [-0.25, -0.2) is 4.98 Å². The summed E-state index contributed by atoms with van der Waals surface area (Å²) in [5.41, 5.74) is 6.60. The van der Waals surface area contributed by atoms with Crippen LogP contribution < -0.4 is 11.1 Å². The van der Waals surface area contributed by atoms with Gasteiger partial charge >= 0.3 is 0 Å². The molecule has 1 unspecified atom stereocenters. The van der Waals surface area contributed by atoms with Crippen molar-refractivity contribution in [3.63, 3.8) is 0 Å². The fourth-order valence-electron chi connectivity index (χ4n) is 1.76. The Morgan fingerprint density at radius 1 is 1.26 bits per heavy atom. The van der Waals surface area contributed by atoms with Crippen molar-refractivity contribution in [3.8, 4) is 0 Å². The van der Waals surface area contributed by atoms with Gasteiger partial charge in [-0.2, -0.15) is 0 Å². The summed E-state index contributed by atoms with van der Waals surface area (Å²) in [4.78, 5) is 16.4. The van der Waals surface area contributed by atoms with Crippen molar-refractivity contribution in [2.45, 2.75) is 5.92 Å². The lowest BCUT2D eigenvalue weighted by molar-refractivity contribution is -0.117. The van der Waals surface area contributed by atoms with Gasteiger partial charge in [0.1, 0.15) is 5.82 Å². The van der Waals surface area contributed by atoms with Gasteiger partial charge in [0.25, 0.3) is 0 Å². The average Bonchev–Trinajstić information content (AvgIpc) is 2.43. The number of hydrogen-bond acceptors (Lipinski definition) is 3. The number of nitrogens with two attached hydrogens (primary N) is 1. The molecule has 0 aliphatic carbocycles. The van der Waals surface area contributed by atoms with Gasteiger partial charge in [-0.3, -0.25) is 4.79 Å². The zero-order chi connectivity index (χ0) is 13.7. The van der Waals surface area contributed by atoms with Crippen LogP contribution in [0.4, 0.5) is 5.82 Å². The number of carbonyl (C=O) groups is 1. The van der Waals surface area contributed by atoms with Gasteiger partial charge in [0, 0.05) is 12.7 Å². The van der Waals surface area contributed by atoms with E-state index in [1.165, 1.54) is 0 Å². The number of aromatic nitrogens is 1. The molecule has 1 atom stereocenters. The molecule has 0 aliphatic heterocycles. The molecule has 1 aromatic heterocycles. The summed E-state index contributed by atoms with van der Waals surface area (Å²) in [6.07, 6.45) is 1.63. The molecular weight excluding hydrogens is 306 g/mol. The van der Waals surface area contributed by atoms with E-state index in [0.29, 0.717) is 5.82 Å². The summed E-state index contributed by atoms with van der Waals surface area (Å²) in [5.74, 6) is -0.0370. The van der Waals surface area contributed by atoms with Crippen molar-refractivity contribution >= 4 is 27.7 Å². The third kappa shape index (κ3) is 3.39. The topological polar surface area (TPSA) is 68.0 Å². The van der Waals surface area contributed by atoms with Gasteiger partial charge in [0.2, 0.25) is 5.91 Å². The van der Waals surface area contributed by atoms with Crippen molar-refractivity contribution in [1.82, 2.24) is 4.98 Å². The second-order valence-electron chi connectivity index (χ2n) is 4.02. The lowest BCUT2D eigenvalue weighted by atomic mass is 9.98. The molecule has 1 heterocycles. The second-order valence-corrected chi connectivity index (χ2v) is 4.88. The van der Waals surface area contributed by atoms with E-state index in [2.05, 4.69) is 26.2 Å². The number of rotatable bonds is 4. The number of nitrogens with zero attached hydrogens (tertiary/aromatic N) is 1. The van der Waals surface area contributed by atoms with Crippen LogP contribution in [0.2, 0.25) is 0 Å². The molecule has 98 valence electrons. The predicted octanol–water partition coefficient (Wildman–Crippen LogP) is 2.53. The van der Waals surface area contributed by atoms with Crippen molar-refractivity contribution in [2.24, 2.45) is 5.73 Å². The first kappa shape index (κ1) is 13.7. The molecule has 2 aromatic rings. The van der Waals surface area contributed by atoms with Crippen molar-refractivity contribution in [1.29, 1.82) is 0 Å². The number of nitrogens with one attached hydrogen (secondary N) is 1. The SMILES string of the molecule is NCC(C(=O)Nc1ncccc1Br)c1ccccc1. The maximum Gasteiger partial charge on any atom is 0.234 e. The second kappa shape index (κ2) is 6.45. The van der Waals surface area contributed by atoms with E-state index in [4.69, 9.17) is 5.73 Å². The monoisotopic (exact) mass is 319 g/mol. The first-order valence-electron chi connectivity index (χ1n) is 5.88. The van der Waals surface area contributed by atoms with Crippen LogP contribution in [0.25, 0.3) is 0 Å². The number of pyridine rings is 1. The molecule has 0 saturated carbocycles. The highest BCUT2D eigenvalue weighted by atomic mass is 79.9. The largest absolute Gasteiger partial charge is 0.329 e. The molecule has 0 fully saturated rings. The Labute approximate surface area is 120 Å². The molecule has 1 amide bonds. The lowest BCUT2D eigenvalue weighted by Crippen LogP contribution is -2.27. The van der Waals surface area contributed by atoms with Crippen LogP contribution >= 0.6 is 15.9 Å². The number of benzene rings is 1. The lowest BCUT2D eigenvalue weighted by Gasteiger charge is -2.15. The third-order valence-electron chi connectivity index (χ3n) is 2.75. The summed E-state index contributed by atoms with van der Waals surface area (Å²) in [6.45, 7) is 0.250. The number of carbonyl (C=O) groups excluding carboxylic acids is 1. The molecule has 5 heteroatoms. The normalized spacial score (nSPS) is 11.9. The first-order valence-corrected chi connectivity index (χ1v) is 6.68. The van der Waals surface area contributed by atoms with E-state index in [-0.39, 0.29) is 18.4 Å². The zero-order valence-electron chi connectivity index (χ0n) is 10.2. The summed E-state index contributed by atoms with van der Waals surface area (Å²) < 4.78 is 0.743. The fraction of sp³-hybridized carbons (Fsp3) is 0.143. The molecule has 0 radical (unpaired) electrons. The van der Waals surface area contributed by atoms with Crippen molar-refractivity contribution in [3.05, 3.63) is 58.7 Å². The summed E-state index contributed by atoms with van der Waals surface area (Å²) in [5, 5.41) is 2.78. The van der Waals surface area contributed by atoms with Gasteiger partial charge < -0.3 is 11.1 Å². The molecule has 0 aliphatic rings. The van der Waals surface area contributed by atoms with Crippen LogP contribution in [0, 0.1) is 0 Å². The first-order chi connectivity index (χ1) is 9.22. The van der Waals surface area contributed by atoms with E-state index in [1.807, 2.05) is 36.4 Å². The van der Waals surface area contributed by atoms with E-state index >= 15 is 0 Å². The predicted molar refractivity (Wildman–Crippen MR) is 78.8 cm³/mol. The van der Waals surface area contributed by atoms with Crippen molar-refractivity contribution < 1.29 is 4.79 Å². The van der Waals surface area contributed by atoms with E-state index < -0.39 is 0 Å².